The summed E-state index contributed by atoms with van der Waals surface area (Å²) in [5, 5.41) is 1.07. The van der Waals surface area contributed by atoms with E-state index >= 15 is 0 Å². The molecule has 0 spiro atoms. The molecule has 1 atom stereocenters. The highest BCUT2D eigenvalue weighted by molar-refractivity contribution is 9.09. The van der Waals surface area contributed by atoms with Crippen LogP contribution in [0.1, 0.15) is 26.1 Å². The predicted molar refractivity (Wildman–Crippen MR) is 68.0 cm³/mol. The summed E-state index contributed by atoms with van der Waals surface area (Å²) >= 11 is 5.26. The fourth-order valence-electron chi connectivity index (χ4n) is 1.91. The van der Waals surface area contributed by atoms with Crippen LogP contribution < -0.4 is 4.90 Å². The molecule has 5 heteroatoms. The average Bonchev–Trinajstić information content (AvgIpc) is 2.57. The largest absolute Gasteiger partial charge is 0.346 e. The van der Waals surface area contributed by atoms with E-state index in [1.54, 1.807) is 0 Å². The van der Waals surface area contributed by atoms with Crippen molar-refractivity contribution in [2.45, 2.75) is 32.0 Å². The molecule has 1 aliphatic heterocycles. The smallest absolute Gasteiger partial charge is 0.205 e. The van der Waals surface area contributed by atoms with Crippen LogP contribution in [0.25, 0.3) is 0 Å². The molecule has 1 saturated heterocycles. The van der Waals surface area contributed by atoms with E-state index in [1.165, 1.54) is 18.0 Å². The number of nitrogens with zero attached hydrogens (tertiary/aromatic N) is 3. The molecule has 1 aromatic rings. The van der Waals surface area contributed by atoms with Crippen molar-refractivity contribution in [3.63, 3.8) is 0 Å². The number of aromatic nitrogens is 2. The van der Waals surface area contributed by atoms with Gasteiger partial charge in [0.25, 0.3) is 0 Å². The third kappa shape index (κ3) is 2.33. The first kappa shape index (κ1) is 11.3. The molecule has 0 saturated carbocycles. The highest BCUT2D eigenvalue weighted by Crippen LogP contribution is 2.36. The third-order valence-electron chi connectivity index (χ3n) is 2.89. The van der Waals surface area contributed by atoms with Crippen LogP contribution in [0.4, 0.5) is 5.13 Å². The number of halogens is 1. The van der Waals surface area contributed by atoms with Crippen LogP contribution >= 0.6 is 27.5 Å². The van der Waals surface area contributed by atoms with E-state index in [-0.39, 0.29) is 0 Å². The Hall–Kier alpha value is -0.160. The maximum atomic E-state index is 4.44. The first-order valence-corrected chi connectivity index (χ1v) is 6.87. The second-order valence-electron chi connectivity index (χ2n) is 4.79. The molecule has 1 unspecified atom stereocenters. The van der Waals surface area contributed by atoms with Gasteiger partial charge in [-0.3, -0.25) is 0 Å². The van der Waals surface area contributed by atoms with E-state index in [2.05, 4.69) is 44.0 Å². The van der Waals surface area contributed by atoms with Gasteiger partial charge in [0.1, 0.15) is 5.82 Å². The number of anilines is 1. The van der Waals surface area contributed by atoms with Crippen LogP contribution in [0.3, 0.4) is 0 Å². The van der Waals surface area contributed by atoms with Crippen molar-refractivity contribution in [3.05, 3.63) is 5.82 Å². The lowest BCUT2D eigenvalue weighted by Gasteiger charge is -2.41. The van der Waals surface area contributed by atoms with Gasteiger partial charge < -0.3 is 4.90 Å². The summed E-state index contributed by atoms with van der Waals surface area (Å²) in [6.07, 6.45) is 1.17. The number of aryl methyl sites for hydroxylation is 1. The normalized spacial score (nSPS) is 25.6. The highest BCUT2D eigenvalue weighted by Gasteiger charge is 2.35. The van der Waals surface area contributed by atoms with Crippen molar-refractivity contribution in [2.24, 2.45) is 5.41 Å². The maximum absolute atomic E-state index is 4.44. The summed E-state index contributed by atoms with van der Waals surface area (Å²) in [4.78, 5) is 7.40. The van der Waals surface area contributed by atoms with Crippen molar-refractivity contribution < 1.29 is 0 Å². The first-order chi connectivity index (χ1) is 6.99. The van der Waals surface area contributed by atoms with Crippen molar-refractivity contribution in [3.8, 4) is 0 Å². The lowest BCUT2D eigenvalue weighted by Crippen LogP contribution is -2.46. The second-order valence-corrected chi connectivity index (χ2v) is 6.63. The van der Waals surface area contributed by atoms with Gasteiger partial charge in [-0.15, -0.1) is 0 Å². The Kier molecular flexibility index (Phi) is 3.03. The van der Waals surface area contributed by atoms with E-state index in [0.29, 0.717) is 10.2 Å². The summed E-state index contributed by atoms with van der Waals surface area (Å²) in [7, 11) is 0. The van der Waals surface area contributed by atoms with Gasteiger partial charge in [-0.1, -0.05) is 29.8 Å². The number of hydrogen-bond acceptors (Lipinski definition) is 4. The molecule has 2 rings (SSSR count). The Morgan fingerprint density at radius 2 is 2.27 bits per heavy atom. The molecule has 0 N–H and O–H groups in total. The minimum atomic E-state index is 0.303. The van der Waals surface area contributed by atoms with Crippen molar-refractivity contribution in [1.82, 2.24) is 9.36 Å². The van der Waals surface area contributed by atoms with Crippen LogP contribution in [0.15, 0.2) is 0 Å². The SMILES string of the molecule is Cc1nsc(N2CCC(Br)C(C)(C)C2)n1. The molecule has 0 aliphatic carbocycles. The first-order valence-electron chi connectivity index (χ1n) is 5.18. The summed E-state index contributed by atoms with van der Waals surface area (Å²) in [5.74, 6) is 0.883. The fourth-order valence-corrected chi connectivity index (χ4v) is 2.96. The zero-order valence-electron chi connectivity index (χ0n) is 9.33. The Balaban J connectivity index is 2.13. The molecule has 1 fully saturated rings. The van der Waals surface area contributed by atoms with Gasteiger partial charge in [-0.05, 0) is 18.8 Å². The Morgan fingerprint density at radius 3 is 2.80 bits per heavy atom. The standard InChI is InChI=1S/C10H16BrN3S/c1-7-12-9(15-13-7)14-5-4-8(11)10(2,3)6-14/h8H,4-6H2,1-3H3. The zero-order valence-corrected chi connectivity index (χ0v) is 11.7. The van der Waals surface area contributed by atoms with Crippen molar-refractivity contribution in [1.29, 1.82) is 0 Å². The number of piperidine rings is 1. The molecule has 0 aromatic carbocycles. The number of hydrogen-bond donors (Lipinski definition) is 0. The molecule has 1 aromatic heterocycles. The van der Waals surface area contributed by atoms with Crippen LogP contribution in [-0.2, 0) is 0 Å². The lowest BCUT2D eigenvalue weighted by atomic mass is 9.84. The van der Waals surface area contributed by atoms with E-state index in [0.717, 1.165) is 24.0 Å². The highest BCUT2D eigenvalue weighted by atomic mass is 79.9. The molecule has 84 valence electrons. The maximum Gasteiger partial charge on any atom is 0.205 e. The van der Waals surface area contributed by atoms with E-state index in [4.69, 9.17) is 0 Å². The monoisotopic (exact) mass is 289 g/mol. The molecular weight excluding hydrogens is 274 g/mol. The summed E-state index contributed by atoms with van der Waals surface area (Å²) in [6, 6.07) is 0. The minimum Gasteiger partial charge on any atom is -0.346 e. The fraction of sp³-hybridized carbons (Fsp3) is 0.800. The molecule has 3 nitrogen and oxygen atoms in total. The number of alkyl halides is 1. The quantitative estimate of drug-likeness (QED) is 0.745. The topological polar surface area (TPSA) is 29.0 Å². The van der Waals surface area contributed by atoms with Gasteiger partial charge in [-0.2, -0.15) is 4.37 Å². The van der Waals surface area contributed by atoms with E-state index in [1.807, 2.05) is 6.92 Å². The van der Waals surface area contributed by atoms with Crippen molar-refractivity contribution >= 4 is 32.6 Å². The Morgan fingerprint density at radius 1 is 1.53 bits per heavy atom. The predicted octanol–water partition coefficient (Wildman–Crippen LogP) is 2.85. The summed E-state index contributed by atoms with van der Waals surface area (Å²) in [5.41, 5.74) is 0.303. The molecule has 0 bridgehead atoms. The summed E-state index contributed by atoms with van der Waals surface area (Å²) < 4.78 is 4.24. The Labute approximate surface area is 103 Å². The van der Waals surface area contributed by atoms with Gasteiger partial charge in [0.2, 0.25) is 5.13 Å². The van der Waals surface area contributed by atoms with Crippen LogP contribution in [-0.4, -0.2) is 27.3 Å². The third-order valence-corrected chi connectivity index (χ3v) is 5.45. The van der Waals surface area contributed by atoms with Crippen molar-refractivity contribution in [2.75, 3.05) is 18.0 Å². The average molecular weight is 290 g/mol. The lowest BCUT2D eigenvalue weighted by molar-refractivity contribution is 0.310. The van der Waals surface area contributed by atoms with E-state index in [9.17, 15) is 0 Å². The van der Waals surface area contributed by atoms with Gasteiger partial charge in [0.05, 0.1) is 0 Å². The Bertz CT molecular complexity index is 350. The van der Waals surface area contributed by atoms with Gasteiger partial charge in [-0.25, -0.2) is 4.98 Å². The molecule has 0 amide bonds. The van der Waals surface area contributed by atoms with E-state index < -0.39 is 0 Å². The molecular formula is C10H16BrN3S. The van der Waals surface area contributed by atoms with Crippen LogP contribution in [0.5, 0.6) is 0 Å². The van der Waals surface area contributed by atoms with Gasteiger partial charge >= 0.3 is 0 Å². The molecule has 2 heterocycles. The molecule has 0 radical (unpaired) electrons. The second kappa shape index (κ2) is 4.01. The zero-order chi connectivity index (χ0) is 11.1. The van der Waals surface area contributed by atoms with Gasteiger partial charge in [0.15, 0.2) is 0 Å². The minimum absolute atomic E-state index is 0.303. The summed E-state index contributed by atoms with van der Waals surface area (Å²) in [6.45, 7) is 8.67. The molecule has 1 aliphatic rings. The van der Waals surface area contributed by atoms with Crippen LogP contribution in [0, 0.1) is 12.3 Å². The van der Waals surface area contributed by atoms with Gasteiger partial charge in [0, 0.05) is 29.4 Å². The van der Waals surface area contributed by atoms with Crippen LogP contribution in [0.2, 0.25) is 0 Å². The number of rotatable bonds is 1. The molecule has 15 heavy (non-hydrogen) atoms.